The van der Waals surface area contributed by atoms with Crippen LogP contribution >= 0.6 is 0 Å². The van der Waals surface area contributed by atoms with E-state index in [1.165, 1.54) is 0 Å². The molecule has 2 rings (SSSR count). The smallest absolute Gasteiger partial charge is 0.193 e. The average Bonchev–Trinajstić information content (AvgIpc) is 3.14. The van der Waals surface area contributed by atoms with Crippen molar-refractivity contribution >= 4 is 15.8 Å². The van der Waals surface area contributed by atoms with Gasteiger partial charge in [-0.25, -0.2) is 8.42 Å². The minimum atomic E-state index is -3.31. The molecule has 0 aromatic heterocycles. The van der Waals surface area contributed by atoms with E-state index in [9.17, 15) is 8.42 Å². The predicted molar refractivity (Wildman–Crippen MR) is 107 cm³/mol. The molecule has 1 saturated heterocycles. The Kier molecular flexibility index (Phi) is 9.03. The van der Waals surface area contributed by atoms with Crippen LogP contribution in [0.15, 0.2) is 40.2 Å². The van der Waals surface area contributed by atoms with Crippen LogP contribution in [-0.2, 0) is 19.3 Å². The lowest BCUT2D eigenvalue weighted by Gasteiger charge is -2.21. The molecule has 1 aliphatic heterocycles. The molecule has 0 bridgehead atoms. The van der Waals surface area contributed by atoms with Crippen LogP contribution in [0.2, 0.25) is 0 Å². The SMILES string of the molecule is CCNC(=NCCS(=O)(=O)c1ccccc1)N1CCC(COCCOC)C1. The molecule has 8 heteroatoms. The van der Waals surface area contributed by atoms with Gasteiger partial charge >= 0.3 is 0 Å². The molecule has 1 unspecified atom stereocenters. The molecule has 152 valence electrons. The number of hydrogen-bond donors (Lipinski definition) is 1. The van der Waals surface area contributed by atoms with Crippen molar-refractivity contribution in [3.8, 4) is 0 Å². The number of rotatable bonds is 10. The van der Waals surface area contributed by atoms with Crippen molar-refractivity contribution in [2.75, 3.05) is 58.9 Å². The number of likely N-dealkylation sites (tertiary alicyclic amines) is 1. The van der Waals surface area contributed by atoms with Crippen molar-refractivity contribution in [2.24, 2.45) is 10.9 Å². The summed E-state index contributed by atoms with van der Waals surface area (Å²) < 4.78 is 35.4. The number of nitrogens with zero attached hydrogens (tertiary/aromatic N) is 2. The maximum atomic E-state index is 12.4. The maximum Gasteiger partial charge on any atom is 0.193 e. The summed E-state index contributed by atoms with van der Waals surface area (Å²) in [5, 5.41) is 3.27. The van der Waals surface area contributed by atoms with Gasteiger partial charge < -0.3 is 19.7 Å². The van der Waals surface area contributed by atoms with Crippen molar-refractivity contribution in [1.29, 1.82) is 0 Å². The molecule has 1 atom stereocenters. The van der Waals surface area contributed by atoms with Crippen LogP contribution in [0.3, 0.4) is 0 Å². The molecule has 27 heavy (non-hydrogen) atoms. The fourth-order valence-corrected chi connectivity index (χ4v) is 4.14. The highest BCUT2D eigenvalue weighted by atomic mass is 32.2. The molecule has 0 amide bonds. The Balaban J connectivity index is 1.87. The van der Waals surface area contributed by atoms with Crippen molar-refractivity contribution in [2.45, 2.75) is 18.2 Å². The number of methoxy groups -OCH3 is 1. The summed E-state index contributed by atoms with van der Waals surface area (Å²) in [6.07, 6.45) is 1.04. The first kappa shape index (κ1) is 21.7. The summed E-state index contributed by atoms with van der Waals surface area (Å²) in [5.74, 6) is 1.24. The monoisotopic (exact) mass is 397 g/mol. The zero-order valence-corrected chi connectivity index (χ0v) is 17.1. The highest BCUT2D eigenvalue weighted by Crippen LogP contribution is 2.17. The fraction of sp³-hybridized carbons (Fsp3) is 0.632. The van der Waals surface area contributed by atoms with E-state index in [-0.39, 0.29) is 12.3 Å². The molecule has 7 nitrogen and oxygen atoms in total. The first-order valence-electron chi connectivity index (χ1n) is 9.44. The average molecular weight is 398 g/mol. The molecular weight excluding hydrogens is 366 g/mol. The van der Waals surface area contributed by atoms with Gasteiger partial charge in [-0.2, -0.15) is 0 Å². The van der Waals surface area contributed by atoms with Gasteiger partial charge in [0.1, 0.15) is 0 Å². The zero-order valence-electron chi connectivity index (χ0n) is 16.3. The third-order valence-corrected chi connectivity index (χ3v) is 6.14. The topological polar surface area (TPSA) is 80.2 Å². The van der Waals surface area contributed by atoms with Gasteiger partial charge in [-0.15, -0.1) is 0 Å². The number of benzene rings is 1. The van der Waals surface area contributed by atoms with Gasteiger partial charge in [0.2, 0.25) is 0 Å². The lowest BCUT2D eigenvalue weighted by atomic mass is 10.1. The van der Waals surface area contributed by atoms with Crippen LogP contribution in [0.25, 0.3) is 0 Å². The van der Waals surface area contributed by atoms with Gasteiger partial charge in [-0.05, 0) is 25.5 Å². The molecule has 1 heterocycles. The molecule has 0 radical (unpaired) electrons. The number of aliphatic imine (C=N–C) groups is 1. The molecule has 1 N–H and O–H groups in total. The quantitative estimate of drug-likeness (QED) is 0.365. The highest BCUT2D eigenvalue weighted by molar-refractivity contribution is 7.91. The zero-order chi connectivity index (χ0) is 19.5. The summed E-state index contributed by atoms with van der Waals surface area (Å²) in [4.78, 5) is 7.07. The Labute approximate surface area is 162 Å². The summed E-state index contributed by atoms with van der Waals surface area (Å²) in [6.45, 7) is 6.69. The van der Waals surface area contributed by atoms with Crippen LogP contribution in [0.1, 0.15) is 13.3 Å². The molecular formula is C19H31N3O4S. The van der Waals surface area contributed by atoms with Gasteiger partial charge in [0, 0.05) is 32.7 Å². The van der Waals surface area contributed by atoms with Crippen molar-refractivity contribution in [1.82, 2.24) is 10.2 Å². The second-order valence-electron chi connectivity index (χ2n) is 6.54. The van der Waals surface area contributed by atoms with Gasteiger partial charge in [-0.3, -0.25) is 4.99 Å². The number of hydrogen-bond acceptors (Lipinski definition) is 5. The van der Waals surface area contributed by atoms with E-state index in [4.69, 9.17) is 9.47 Å². The third kappa shape index (κ3) is 7.12. The number of guanidine groups is 1. The number of nitrogens with one attached hydrogen (secondary N) is 1. The first-order chi connectivity index (χ1) is 13.1. The maximum absolute atomic E-state index is 12.4. The lowest BCUT2D eigenvalue weighted by molar-refractivity contribution is 0.0536. The third-order valence-electron chi connectivity index (χ3n) is 4.43. The molecule has 1 fully saturated rings. The Morgan fingerprint density at radius 3 is 2.78 bits per heavy atom. The van der Waals surface area contributed by atoms with Crippen LogP contribution in [0.5, 0.6) is 0 Å². The Morgan fingerprint density at radius 2 is 2.07 bits per heavy atom. The van der Waals surface area contributed by atoms with E-state index in [1.54, 1.807) is 31.4 Å². The summed E-state index contributed by atoms with van der Waals surface area (Å²) in [6, 6.07) is 8.53. The van der Waals surface area contributed by atoms with Gasteiger partial charge in [0.05, 0.1) is 37.0 Å². The van der Waals surface area contributed by atoms with E-state index < -0.39 is 9.84 Å². The van der Waals surface area contributed by atoms with E-state index in [0.29, 0.717) is 30.6 Å². The largest absolute Gasteiger partial charge is 0.382 e. The molecule has 1 aromatic rings. The van der Waals surface area contributed by atoms with Crippen LogP contribution in [0, 0.1) is 5.92 Å². The summed E-state index contributed by atoms with van der Waals surface area (Å²) in [7, 11) is -1.64. The minimum absolute atomic E-state index is 0.00328. The van der Waals surface area contributed by atoms with E-state index in [0.717, 1.165) is 32.0 Å². The highest BCUT2D eigenvalue weighted by Gasteiger charge is 2.25. The minimum Gasteiger partial charge on any atom is -0.382 e. The van der Waals surface area contributed by atoms with Crippen molar-refractivity contribution in [3.05, 3.63) is 30.3 Å². The number of sulfone groups is 1. The number of ether oxygens (including phenoxy) is 2. The predicted octanol–water partition coefficient (Wildman–Crippen LogP) is 1.41. The molecule has 0 saturated carbocycles. The van der Waals surface area contributed by atoms with Crippen LogP contribution in [0.4, 0.5) is 0 Å². The normalized spacial score (nSPS) is 18.1. The van der Waals surface area contributed by atoms with Crippen molar-refractivity contribution in [3.63, 3.8) is 0 Å². The van der Waals surface area contributed by atoms with E-state index in [1.807, 2.05) is 13.0 Å². The second kappa shape index (κ2) is 11.3. The van der Waals surface area contributed by atoms with Crippen LogP contribution < -0.4 is 5.32 Å². The summed E-state index contributed by atoms with van der Waals surface area (Å²) >= 11 is 0. The molecule has 0 spiro atoms. The van der Waals surface area contributed by atoms with Crippen LogP contribution in [-0.4, -0.2) is 78.1 Å². The second-order valence-corrected chi connectivity index (χ2v) is 8.65. The van der Waals surface area contributed by atoms with E-state index in [2.05, 4.69) is 15.2 Å². The van der Waals surface area contributed by atoms with Gasteiger partial charge in [-0.1, -0.05) is 18.2 Å². The standard InChI is InChI=1S/C19H31N3O4S/c1-3-20-19(22-11-9-17(15-22)16-26-13-12-25-2)21-10-14-27(23,24)18-7-5-4-6-8-18/h4-8,17H,3,9-16H2,1-2H3,(H,20,21). The van der Waals surface area contributed by atoms with Gasteiger partial charge in [0.25, 0.3) is 0 Å². The molecule has 0 aliphatic carbocycles. The Hall–Kier alpha value is -1.64. The lowest BCUT2D eigenvalue weighted by Crippen LogP contribution is -2.40. The Bertz CT molecular complexity index is 679. The first-order valence-corrected chi connectivity index (χ1v) is 11.1. The molecule has 1 aliphatic rings. The van der Waals surface area contributed by atoms with Gasteiger partial charge in [0.15, 0.2) is 15.8 Å². The molecule has 1 aromatic carbocycles. The fourth-order valence-electron chi connectivity index (χ4n) is 3.00. The van der Waals surface area contributed by atoms with E-state index >= 15 is 0 Å². The van der Waals surface area contributed by atoms with Crippen molar-refractivity contribution < 1.29 is 17.9 Å². The Morgan fingerprint density at radius 1 is 1.30 bits per heavy atom. The summed E-state index contributed by atoms with van der Waals surface area (Å²) in [5.41, 5.74) is 0.